The van der Waals surface area contributed by atoms with Crippen molar-refractivity contribution in [3.8, 4) is 0 Å². The summed E-state index contributed by atoms with van der Waals surface area (Å²) in [6, 6.07) is 0. The van der Waals surface area contributed by atoms with Crippen LogP contribution in [0.15, 0.2) is 0 Å². The Morgan fingerprint density at radius 1 is 0.818 bits per heavy atom. The average molecular weight is 309 g/mol. The number of carbonyl (C=O) groups excluding carboxylic acids is 1. The minimum atomic E-state index is 0.341. The van der Waals surface area contributed by atoms with Crippen molar-refractivity contribution in [2.24, 2.45) is 5.41 Å². The molecule has 1 saturated carbocycles. The molecule has 0 bridgehead atoms. The first-order valence-corrected chi connectivity index (χ1v) is 10.2. The minimum Gasteiger partial charge on any atom is -0.300 e. The molecule has 0 amide bonds. The zero-order chi connectivity index (χ0) is 16.1. The second-order valence-corrected chi connectivity index (χ2v) is 8.02. The third-order valence-electron chi connectivity index (χ3n) is 5.49. The minimum absolute atomic E-state index is 0.341. The topological polar surface area (TPSA) is 17.1 Å². The van der Waals surface area contributed by atoms with Gasteiger partial charge >= 0.3 is 0 Å². The van der Waals surface area contributed by atoms with Crippen molar-refractivity contribution in [3.05, 3.63) is 0 Å². The van der Waals surface area contributed by atoms with Crippen LogP contribution < -0.4 is 0 Å². The van der Waals surface area contributed by atoms with E-state index in [1.165, 1.54) is 89.9 Å². The number of ketones is 1. The van der Waals surface area contributed by atoms with Crippen molar-refractivity contribution in [2.45, 2.75) is 123 Å². The van der Waals surface area contributed by atoms with Crippen LogP contribution in [0.4, 0.5) is 0 Å². The second-order valence-electron chi connectivity index (χ2n) is 8.02. The number of unbranched alkanes of at least 4 members (excludes halogenated alkanes) is 11. The number of rotatable bonds is 13. The van der Waals surface area contributed by atoms with E-state index in [0.717, 1.165) is 19.3 Å². The zero-order valence-corrected chi connectivity index (χ0v) is 15.4. The normalized spacial score (nSPS) is 22.2. The molecule has 1 heteroatoms. The summed E-state index contributed by atoms with van der Waals surface area (Å²) in [5, 5.41) is 0. The van der Waals surface area contributed by atoms with E-state index >= 15 is 0 Å². The SMILES string of the molecule is CCCCCCCCCCCCCCC1(C)CCCC(=O)C1. The fourth-order valence-corrected chi connectivity index (χ4v) is 3.97. The van der Waals surface area contributed by atoms with Crippen molar-refractivity contribution in [3.63, 3.8) is 0 Å². The quantitative estimate of drug-likeness (QED) is 0.328. The molecule has 1 aliphatic carbocycles. The van der Waals surface area contributed by atoms with Crippen LogP contribution >= 0.6 is 0 Å². The fourth-order valence-electron chi connectivity index (χ4n) is 3.97. The summed E-state index contributed by atoms with van der Waals surface area (Å²) in [6.45, 7) is 4.62. The average Bonchev–Trinajstić information content (AvgIpc) is 2.48. The van der Waals surface area contributed by atoms with Crippen molar-refractivity contribution in [1.82, 2.24) is 0 Å². The molecule has 0 saturated heterocycles. The molecule has 1 atom stereocenters. The summed E-state index contributed by atoms with van der Waals surface area (Å²) in [7, 11) is 0. The lowest BCUT2D eigenvalue weighted by Gasteiger charge is -2.32. The number of carbonyl (C=O) groups is 1. The molecule has 0 N–H and O–H groups in total. The monoisotopic (exact) mass is 308 g/mol. The van der Waals surface area contributed by atoms with Crippen LogP contribution in [0.5, 0.6) is 0 Å². The summed E-state index contributed by atoms with van der Waals surface area (Å²) < 4.78 is 0. The molecule has 22 heavy (non-hydrogen) atoms. The van der Waals surface area contributed by atoms with Gasteiger partial charge in [-0.2, -0.15) is 0 Å². The van der Waals surface area contributed by atoms with E-state index in [0.29, 0.717) is 11.2 Å². The lowest BCUT2D eigenvalue weighted by Crippen LogP contribution is -2.25. The van der Waals surface area contributed by atoms with E-state index in [4.69, 9.17) is 0 Å². The first-order chi connectivity index (χ1) is 10.7. The smallest absolute Gasteiger partial charge is 0.133 e. The third-order valence-corrected chi connectivity index (χ3v) is 5.49. The highest BCUT2D eigenvalue weighted by atomic mass is 16.1. The van der Waals surface area contributed by atoms with Gasteiger partial charge in [-0.3, -0.25) is 4.79 Å². The van der Waals surface area contributed by atoms with E-state index in [-0.39, 0.29) is 0 Å². The molecule has 1 fully saturated rings. The maximum atomic E-state index is 11.6. The van der Waals surface area contributed by atoms with E-state index in [9.17, 15) is 4.79 Å². The lowest BCUT2D eigenvalue weighted by atomic mass is 9.72. The standard InChI is InChI=1S/C21H40O/c1-3-4-5-6-7-8-9-10-11-12-13-14-17-21(2)18-15-16-20(22)19-21/h3-19H2,1-2H3. The van der Waals surface area contributed by atoms with Gasteiger partial charge in [0.1, 0.15) is 5.78 Å². The highest BCUT2D eigenvalue weighted by molar-refractivity contribution is 5.79. The predicted molar refractivity (Wildman–Crippen MR) is 97.3 cm³/mol. The van der Waals surface area contributed by atoms with Crippen LogP contribution in [0.3, 0.4) is 0 Å². The van der Waals surface area contributed by atoms with Gasteiger partial charge < -0.3 is 0 Å². The lowest BCUT2D eigenvalue weighted by molar-refractivity contribution is -0.123. The van der Waals surface area contributed by atoms with Gasteiger partial charge in [-0.15, -0.1) is 0 Å². The number of hydrogen-bond donors (Lipinski definition) is 0. The van der Waals surface area contributed by atoms with Crippen molar-refractivity contribution in [2.75, 3.05) is 0 Å². The molecule has 0 radical (unpaired) electrons. The van der Waals surface area contributed by atoms with Gasteiger partial charge in [0.25, 0.3) is 0 Å². The van der Waals surface area contributed by atoms with Crippen LogP contribution in [0.1, 0.15) is 123 Å². The van der Waals surface area contributed by atoms with E-state index in [1.54, 1.807) is 0 Å². The van der Waals surface area contributed by atoms with E-state index in [2.05, 4.69) is 13.8 Å². The van der Waals surface area contributed by atoms with Crippen LogP contribution in [0, 0.1) is 5.41 Å². The Kier molecular flexibility index (Phi) is 10.9. The molecular weight excluding hydrogens is 268 g/mol. The van der Waals surface area contributed by atoms with Gasteiger partial charge in [0, 0.05) is 12.8 Å². The van der Waals surface area contributed by atoms with Crippen molar-refractivity contribution in [1.29, 1.82) is 0 Å². The molecule has 0 heterocycles. The molecule has 1 unspecified atom stereocenters. The largest absolute Gasteiger partial charge is 0.300 e. The molecule has 0 aromatic carbocycles. The fraction of sp³-hybridized carbons (Fsp3) is 0.952. The number of Topliss-reactive ketones (excluding diaryl/α,β-unsaturated/α-hetero) is 1. The predicted octanol–water partition coefficient (Wildman–Crippen LogP) is 7.23. The molecule has 0 aromatic heterocycles. The Bertz CT molecular complexity index is 284. The van der Waals surface area contributed by atoms with Gasteiger partial charge in [-0.05, 0) is 24.7 Å². The Labute approximate surface area is 139 Å². The maximum absolute atomic E-state index is 11.6. The van der Waals surface area contributed by atoms with Crippen molar-refractivity contribution >= 4 is 5.78 Å². The molecule has 0 aromatic rings. The van der Waals surface area contributed by atoms with Crippen LogP contribution in [-0.2, 0) is 4.79 Å². The van der Waals surface area contributed by atoms with Gasteiger partial charge in [0.05, 0.1) is 0 Å². The molecular formula is C21H40O. The summed E-state index contributed by atoms with van der Waals surface area (Å²) in [5.74, 6) is 0.507. The first kappa shape index (κ1) is 19.7. The molecule has 0 spiro atoms. The maximum Gasteiger partial charge on any atom is 0.133 e. The summed E-state index contributed by atoms with van der Waals surface area (Å²) in [5.41, 5.74) is 0.341. The molecule has 1 rings (SSSR count). The summed E-state index contributed by atoms with van der Waals surface area (Å²) >= 11 is 0. The van der Waals surface area contributed by atoms with E-state index in [1.807, 2.05) is 0 Å². The number of hydrogen-bond acceptors (Lipinski definition) is 1. The van der Waals surface area contributed by atoms with Crippen molar-refractivity contribution < 1.29 is 4.79 Å². The zero-order valence-electron chi connectivity index (χ0n) is 15.4. The van der Waals surface area contributed by atoms with Crippen LogP contribution in [-0.4, -0.2) is 5.78 Å². The highest BCUT2D eigenvalue weighted by Gasteiger charge is 2.30. The van der Waals surface area contributed by atoms with Gasteiger partial charge in [0.15, 0.2) is 0 Å². The Morgan fingerprint density at radius 3 is 1.82 bits per heavy atom. The van der Waals surface area contributed by atoms with Gasteiger partial charge in [-0.25, -0.2) is 0 Å². The molecule has 130 valence electrons. The van der Waals surface area contributed by atoms with Gasteiger partial charge in [-0.1, -0.05) is 90.9 Å². The first-order valence-electron chi connectivity index (χ1n) is 10.2. The van der Waals surface area contributed by atoms with Crippen LogP contribution in [0.2, 0.25) is 0 Å². The second kappa shape index (κ2) is 12.1. The molecule has 1 nitrogen and oxygen atoms in total. The van der Waals surface area contributed by atoms with Crippen LogP contribution in [0.25, 0.3) is 0 Å². The molecule has 1 aliphatic rings. The molecule has 0 aliphatic heterocycles. The third kappa shape index (κ3) is 9.64. The van der Waals surface area contributed by atoms with Gasteiger partial charge in [0.2, 0.25) is 0 Å². The van der Waals surface area contributed by atoms with E-state index < -0.39 is 0 Å². The highest BCUT2D eigenvalue weighted by Crippen LogP contribution is 2.38. The summed E-state index contributed by atoms with van der Waals surface area (Å²) in [4.78, 5) is 11.6. The Hall–Kier alpha value is -0.330. The Balaban J connectivity index is 1.84. The summed E-state index contributed by atoms with van der Waals surface area (Å²) in [6.07, 6.45) is 22.4. The Morgan fingerprint density at radius 2 is 1.32 bits per heavy atom.